The van der Waals surface area contributed by atoms with Gasteiger partial charge in [0.25, 0.3) is 0 Å². The summed E-state index contributed by atoms with van der Waals surface area (Å²) in [6.07, 6.45) is 3.04. The molecule has 0 aromatic carbocycles. The molecule has 1 saturated heterocycles. The number of rotatable bonds is 8. The van der Waals surface area contributed by atoms with Crippen molar-refractivity contribution in [1.29, 1.82) is 0 Å². The lowest BCUT2D eigenvalue weighted by molar-refractivity contribution is -0.143. The zero-order chi connectivity index (χ0) is 20.1. The minimum absolute atomic E-state index is 0.167. The highest BCUT2D eigenvalue weighted by Gasteiger charge is 2.26. The van der Waals surface area contributed by atoms with Gasteiger partial charge >= 0.3 is 5.97 Å². The third-order valence-electron chi connectivity index (χ3n) is 4.36. The number of ether oxygens (including phenoxy) is 2. The molecule has 8 nitrogen and oxygen atoms in total. The summed E-state index contributed by atoms with van der Waals surface area (Å²) in [5.41, 5.74) is 1.96. The Kier molecular flexibility index (Phi) is 7.40. The van der Waals surface area contributed by atoms with Crippen LogP contribution in [0.1, 0.15) is 25.3 Å². The molecule has 0 atom stereocenters. The van der Waals surface area contributed by atoms with E-state index in [1.54, 1.807) is 13.0 Å². The van der Waals surface area contributed by atoms with Crippen molar-refractivity contribution in [3.05, 3.63) is 17.3 Å². The highest BCUT2D eigenvalue weighted by atomic mass is 32.3. The third kappa shape index (κ3) is 5.71. The number of hydrogen-bond acceptors (Lipinski definition) is 9. The normalized spacial score (nSPS) is 17.9. The molecule has 156 valence electrons. The molecular weight excluding hydrogens is 422 g/mol. The number of nitrogens with zero attached hydrogens (tertiary/aromatic N) is 2. The van der Waals surface area contributed by atoms with Crippen molar-refractivity contribution in [3.63, 3.8) is 0 Å². The largest absolute Gasteiger partial charge is 0.466 e. The van der Waals surface area contributed by atoms with E-state index in [9.17, 15) is 13.2 Å². The van der Waals surface area contributed by atoms with Crippen LogP contribution in [0.2, 0.25) is 0 Å². The summed E-state index contributed by atoms with van der Waals surface area (Å²) < 4.78 is 37.0. The molecule has 1 aromatic heterocycles. The smallest absolute Gasteiger partial charge is 0.305 e. The topological polar surface area (TPSA) is 102 Å². The number of sulfonamides is 1. The van der Waals surface area contributed by atoms with Crippen molar-refractivity contribution in [2.24, 2.45) is 5.14 Å². The van der Waals surface area contributed by atoms with Crippen LogP contribution in [0.4, 0.5) is 0 Å². The third-order valence-corrected chi connectivity index (χ3v) is 8.23. The number of hydrogen-bond donors (Lipinski definition) is 1. The fraction of sp³-hybridized carbons (Fsp3) is 0.588. The van der Waals surface area contributed by atoms with Crippen molar-refractivity contribution >= 4 is 45.4 Å². The molecule has 11 heteroatoms. The quantitative estimate of drug-likeness (QED) is 0.475. The highest BCUT2D eigenvalue weighted by Crippen LogP contribution is 2.42. The Hall–Kier alpha value is -1.11. The minimum Gasteiger partial charge on any atom is -0.466 e. The summed E-state index contributed by atoms with van der Waals surface area (Å²) in [6, 6.07) is 1.64. The molecule has 1 aromatic rings. The number of carbonyl (C=O) groups is 1. The number of primary sulfonamides is 1. The zero-order valence-corrected chi connectivity index (χ0v) is 18.2. The molecule has 0 radical (unpaired) electrons. The van der Waals surface area contributed by atoms with Crippen molar-refractivity contribution in [1.82, 2.24) is 9.21 Å². The summed E-state index contributed by atoms with van der Waals surface area (Å²) in [5, 5.41) is 5.30. The van der Waals surface area contributed by atoms with Crippen LogP contribution >= 0.6 is 23.3 Å². The Morgan fingerprint density at radius 2 is 2.11 bits per heavy atom. The lowest BCUT2D eigenvalue weighted by Gasteiger charge is -2.34. The Balaban J connectivity index is 1.74. The summed E-state index contributed by atoms with van der Waals surface area (Å²) in [6.45, 7) is 6.73. The second-order valence-electron chi connectivity index (χ2n) is 6.48. The van der Waals surface area contributed by atoms with Crippen LogP contribution in [-0.2, 0) is 24.3 Å². The molecule has 2 aliphatic rings. The SMILES string of the molecule is CCOC(=O)CCCN1Sc2sc(S(N)(=O)=O)cc2C=C1CN1CCOCC1. The Bertz CT molecular complexity index is 831. The van der Waals surface area contributed by atoms with Gasteiger partial charge in [0.2, 0.25) is 10.0 Å². The minimum atomic E-state index is -3.72. The zero-order valence-electron chi connectivity index (χ0n) is 15.8. The van der Waals surface area contributed by atoms with Crippen LogP contribution in [0.5, 0.6) is 0 Å². The summed E-state index contributed by atoms with van der Waals surface area (Å²) in [7, 11) is -3.72. The molecule has 0 unspecified atom stereocenters. The van der Waals surface area contributed by atoms with Crippen molar-refractivity contribution in [3.8, 4) is 0 Å². The van der Waals surface area contributed by atoms with Gasteiger partial charge in [-0.3, -0.25) is 9.69 Å². The number of esters is 1. The van der Waals surface area contributed by atoms with Crippen LogP contribution in [0.15, 0.2) is 20.2 Å². The van der Waals surface area contributed by atoms with Gasteiger partial charge in [-0.05, 0) is 37.4 Å². The van der Waals surface area contributed by atoms with Crippen molar-refractivity contribution < 1.29 is 22.7 Å². The van der Waals surface area contributed by atoms with Gasteiger partial charge in [0.05, 0.1) is 24.0 Å². The van der Waals surface area contributed by atoms with Gasteiger partial charge in [-0.15, -0.1) is 11.3 Å². The number of carbonyl (C=O) groups excluding carboxylic acids is 1. The average Bonchev–Trinajstić information content (AvgIpc) is 3.06. The van der Waals surface area contributed by atoms with Gasteiger partial charge in [0.1, 0.15) is 4.21 Å². The van der Waals surface area contributed by atoms with Gasteiger partial charge in [0, 0.05) is 43.9 Å². The van der Waals surface area contributed by atoms with Crippen LogP contribution < -0.4 is 5.14 Å². The first-order chi connectivity index (χ1) is 13.4. The van der Waals surface area contributed by atoms with E-state index in [2.05, 4.69) is 9.21 Å². The Morgan fingerprint density at radius 1 is 1.36 bits per heavy atom. The van der Waals surface area contributed by atoms with Gasteiger partial charge in [-0.2, -0.15) is 0 Å². The fourth-order valence-corrected chi connectivity index (χ4v) is 6.32. The maximum absolute atomic E-state index is 11.7. The molecule has 0 saturated carbocycles. The lowest BCUT2D eigenvalue weighted by atomic mass is 10.2. The molecule has 0 spiro atoms. The van der Waals surface area contributed by atoms with Crippen molar-refractivity contribution in [2.45, 2.75) is 28.2 Å². The predicted molar refractivity (Wildman–Crippen MR) is 109 cm³/mol. The van der Waals surface area contributed by atoms with Gasteiger partial charge in [-0.25, -0.2) is 13.6 Å². The summed E-state index contributed by atoms with van der Waals surface area (Å²) >= 11 is 2.69. The van der Waals surface area contributed by atoms with E-state index in [0.29, 0.717) is 39.2 Å². The molecule has 2 aliphatic heterocycles. The first-order valence-electron chi connectivity index (χ1n) is 9.15. The van der Waals surface area contributed by atoms with E-state index < -0.39 is 10.0 Å². The molecular formula is C17H25N3O5S3. The summed E-state index contributed by atoms with van der Waals surface area (Å²) in [5.74, 6) is -0.198. The second kappa shape index (κ2) is 9.59. The van der Waals surface area contributed by atoms with Crippen LogP contribution in [0.25, 0.3) is 6.08 Å². The maximum Gasteiger partial charge on any atom is 0.305 e. The van der Waals surface area contributed by atoms with E-state index in [4.69, 9.17) is 14.6 Å². The monoisotopic (exact) mass is 447 g/mol. The molecule has 0 bridgehead atoms. The van der Waals surface area contributed by atoms with Crippen molar-refractivity contribution in [2.75, 3.05) is 46.0 Å². The number of fused-ring (bicyclic) bond motifs is 1. The number of nitrogens with two attached hydrogens (primary N) is 1. The van der Waals surface area contributed by atoms with Crippen LogP contribution in [0, 0.1) is 0 Å². The molecule has 3 heterocycles. The lowest BCUT2D eigenvalue weighted by Crippen LogP contribution is -2.39. The van der Waals surface area contributed by atoms with E-state index in [1.165, 1.54) is 23.3 Å². The predicted octanol–water partition coefficient (Wildman–Crippen LogP) is 1.73. The summed E-state index contributed by atoms with van der Waals surface area (Å²) in [4.78, 5) is 13.9. The Labute approximate surface area is 173 Å². The van der Waals surface area contributed by atoms with E-state index in [-0.39, 0.29) is 10.2 Å². The highest BCUT2D eigenvalue weighted by molar-refractivity contribution is 7.99. The Morgan fingerprint density at radius 3 is 2.79 bits per heavy atom. The molecule has 28 heavy (non-hydrogen) atoms. The van der Waals surface area contributed by atoms with E-state index >= 15 is 0 Å². The second-order valence-corrected chi connectivity index (χ2v) is 10.6. The number of thiophene rings is 1. The van der Waals surface area contributed by atoms with Gasteiger partial charge in [-0.1, -0.05) is 0 Å². The van der Waals surface area contributed by atoms with Gasteiger partial charge < -0.3 is 13.8 Å². The first kappa shape index (κ1) is 21.6. The van der Waals surface area contributed by atoms with E-state index in [1.807, 2.05) is 6.08 Å². The maximum atomic E-state index is 11.7. The number of morpholine rings is 1. The molecule has 0 aliphatic carbocycles. The fourth-order valence-electron chi connectivity index (χ4n) is 2.99. The standard InChI is InChI=1S/C17H25N3O5S3/c1-2-25-15(21)4-3-5-20-14(12-19-6-8-24-9-7-19)10-13-11-16(28(18,22)23)26-17(13)27-20/h10-11H,2-9,12H2,1H3,(H2,18,22,23). The molecule has 1 fully saturated rings. The van der Waals surface area contributed by atoms with Gasteiger partial charge in [0.15, 0.2) is 0 Å². The molecule has 0 amide bonds. The van der Waals surface area contributed by atoms with E-state index in [0.717, 1.165) is 35.1 Å². The molecule has 2 N–H and O–H groups in total. The van der Waals surface area contributed by atoms with Crippen LogP contribution in [0.3, 0.4) is 0 Å². The average molecular weight is 448 g/mol. The molecule has 3 rings (SSSR count). The van der Waals surface area contributed by atoms with Crippen LogP contribution in [-0.4, -0.2) is 69.6 Å². The first-order valence-corrected chi connectivity index (χ1v) is 12.3.